The van der Waals surface area contributed by atoms with Crippen molar-refractivity contribution >= 4 is 43.6 Å². The number of hydrogen-bond donors (Lipinski definition) is 0. The summed E-state index contributed by atoms with van der Waals surface area (Å²) in [6, 6.07) is 79.2. The zero-order chi connectivity index (χ0) is 41.0. The molecule has 0 radical (unpaired) electrons. The van der Waals surface area contributed by atoms with E-state index in [9.17, 15) is 0 Å². The summed E-state index contributed by atoms with van der Waals surface area (Å²) in [5.41, 5.74) is 14.2. The van der Waals surface area contributed by atoms with E-state index in [1.54, 1.807) is 0 Å². The van der Waals surface area contributed by atoms with Crippen LogP contribution in [-0.4, -0.2) is 24.1 Å². The maximum absolute atomic E-state index is 5.17. The van der Waals surface area contributed by atoms with Gasteiger partial charge in [0.2, 0.25) is 0 Å². The van der Waals surface area contributed by atoms with Crippen LogP contribution in [-0.2, 0) is 0 Å². The highest BCUT2D eigenvalue weighted by Crippen LogP contribution is 2.38. The molecule has 5 nitrogen and oxygen atoms in total. The number of para-hydroxylation sites is 3. The topological polar surface area (TPSA) is 48.5 Å². The van der Waals surface area contributed by atoms with Crippen LogP contribution in [0.3, 0.4) is 0 Å². The van der Waals surface area contributed by atoms with Crippen LogP contribution in [0, 0.1) is 0 Å². The van der Waals surface area contributed by atoms with E-state index in [-0.39, 0.29) is 0 Å². The van der Waals surface area contributed by atoms with Crippen molar-refractivity contribution in [2.75, 3.05) is 0 Å². The summed E-state index contributed by atoms with van der Waals surface area (Å²) in [5.74, 6) is 1.86. The van der Waals surface area contributed by atoms with Crippen LogP contribution in [0.4, 0.5) is 0 Å². The van der Waals surface area contributed by atoms with Crippen molar-refractivity contribution in [3.8, 4) is 67.8 Å². The Morgan fingerprint density at radius 2 is 0.581 bits per heavy atom. The van der Waals surface area contributed by atoms with Crippen LogP contribution < -0.4 is 0 Å². The van der Waals surface area contributed by atoms with Crippen LogP contribution in [0.15, 0.2) is 224 Å². The lowest BCUT2D eigenvalue weighted by Crippen LogP contribution is -2.01. The van der Waals surface area contributed by atoms with Gasteiger partial charge in [0.25, 0.3) is 0 Å². The first-order valence-electron chi connectivity index (χ1n) is 20.9. The summed E-state index contributed by atoms with van der Waals surface area (Å²) in [6.45, 7) is 0. The molecular weight excluding hydrogens is 755 g/mol. The van der Waals surface area contributed by atoms with Crippen molar-refractivity contribution in [3.05, 3.63) is 224 Å². The number of fused-ring (bicyclic) bond motifs is 6. The van der Waals surface area contributed by atoms with E-state index < -0.39 is 0 Å². The highest BCUT2D eigenvalue weighted by Gasteiger charge is 2.18. The van der Waals surface area contributed by atoms with Crippen LogP contribution in [0.5, 0.6) is 0 Å². The van der Waals surface area contributed by atoms with Gasteiger partial charge in [-0.25, -0.2) is 15.0 Å². The third kappa shape index (κ3) is 6.06. The van der Waals surface area contributed by atoms with Crippen molar-refractivity contribution in [1.29, 1.82) is 0 Å². The van der Waals surface area contributed by atoms with E-state index in [0.29, 0.717) is 17.5 Å². The van der Waals surface area contributed by atoms with Gasteiger partial charge < -0.3 is 9.13 Å². The Balaban J connectivity index is 0.991. The van der Waals surface area contributed by atoms with E-state index in [4.69, 9.17) is 15.0 Å². The van der Waals surface area contributed by atoms with Gasteiger partial charge in [-0.3, -0.25) is 0 Å². The van der Waals surface area contributed by atoms with Gasteiger partial charge in [0.1, 0.15) is 0 Å². The first-order valence-corrected chi connectivity index (χ1v) is 20.9. The van der Waals surface area contributed by atoms with Gasteiger partial charge in [0.15, 0.2) is 17.5 Å². The van der Waals surface area contributed by atoms with Crippen LogP contribution in [0.25, 0.3) is 111 Å². The van der Waals surface area contributed by atoms with Gasteiger partial charge in [0, 0.05) is 49.6 Å². The summed E-state index contributed by atoms with van der Waals surface area (Å²) in [4.78, 5) is 15.4. The van der Waals surface area contributed by atoms with Gasteiger partial charge in [-0.15, -0.1) is 0 Å². The van der Waals surface area contributed by atoms with Crippen LogP contribution >= 0.6 is 0 Å². The SMILES string of the molecule is c1ccc(-c2ccc(-c3nc(-c4ccc(-c5ccccc5)cc4)nc(-c4cccc(-n5c6ccccc6c6cc(-n7c8ccccc8c8ccccc87)ccc65)c4)n3)cc2)cc1. The molecule has 0 aliphatic heterocycles. The second-order valence-electron chi connectivity index (χ2n) is 15.7. The maximum Gasteiger partial charge on any atom is 0.164 e. The lowest BCUT2D eigenvalue weighted by atomic mass is 10.0. The number of benzene rings is 9. The van der Waals surface area contributed by atoms with Gasteiger partial charge in [-0.1, -0.05) is 176 Å². The Kier molecular flexibility index (Phi) is 8.42. The first-order chi connectivity index (χ1) is 30.7. The molecule has 0 spiro atoms. The molecule has 0 saturated heterocycles. The van der Waals surface area contributed by atoms with Crippen LogP contribution in [0.1, 0.15) is 0 Å². The Morgan fingerprint density at radius 3 is 1.08 bits per heavy atom. The molecule has 62 heavy (non-hydrogen) atoms. The number of aromatic nitrogens is 5. The predicted molar refractivity (Wildman–Crippen MR) is 256 cm³/mol. The standard InChI is InChI=1S/C57H37N5/c1-3-14-38(15-4-1)40-26-30-42(31-27-40)55-58-56(43-32-28-41(29-33-43)39-16-5-2-6-17-39)60-57(59-55)44-18-13-19-45(36-44)61-53-25-12-9-22-49(53)50-37-46(34-35-54(50)61)62-51-23-10-7-20-47(51)48-21-8-11-24-52(48)62/h1-37H. The minimum atomic E-state index is 0.612. The Bertz CT molecular complexity index is 3450. The van der Waals surface area contributed by atoms with Crippen molar-refractivity contribution in [2.45, 2.75) is 0 Å². The highest BCUT2D eigenvalue weighted by molar-refractivity contribution is 6.12. The molecule has 5 heteroatoms. The summed E-state index contributed by atoms with van der Waals surface area (Å²) in [6.07, 6.45) is 0. The average Bonchev–Trinajstić information content (AvgIpc) is 3.87. The summed E-state index contributed by atoms with van der Waals surface area (Å²) >= 11 is 0. The summed E-state index contributed by atoms with van der Waals surface area (Å²) in [7, 11) is 0. The zero-order valence-corrected chi connectivity index (χ0v) is 33.6. The van der Waals surface area contributed by atoms with Gasteiger partial charge >= 0.3 is 0 Å². The minimum absolute atomic E-state index is 0.612. The van der Waals surface area contributed by atoms with Gasteiger partial charge in [0.05, 0.1) is 22.1 Å². The monoisotopic (exact) mass is 791 g/mol. The molecule has 0 fully saturated rings. The molecular formula is C57H37N5. The molecule has 0 saturated carbocycles. The fraction of sp³-hybridized carbons (Fsp3) is 0. The zero-order valence-electron chi connectivity index (χ0n) is 33.6. The Hall–Kier alpha value is -8.41. The molecule has 0 atom stereocenters. The van der Waals surface area contributed by atoms with E-state index in [1.807, 2.05) is 12.1 Å². The normalized spacial score (nSPS) is 11.5. The smallest absolute Gasteiger partial charge is 0.164 e. The van der Waals surface area contributed by atoms with Crippen LogP contribution in [0.2, 0.25) is 0 Å². The molecule has 0 unspecified atom stereocenters. The number of nitrogens with zero attached hydrogens (tertiary/aromatic N) is 5. The van der Waals surface area contributed by atoms with Crippen molar-refractivity contribution in [3.63, 3.8) is 0 Å². The van der Waals surface area contributed by atoms with Gasteiger partial charge in [-0.2, -0.15) is 0 Å². The molecule has 0 aliphatic carbocycles. The van der Waals surface area contributed by atoms with E-state index in [2.05, 4.69) is 221 Å². The first kappa shape index (κ1) is 35.5. The molecule has 12 aromatic rings. The van der Waals surface area contributed by atoms with E-state index in [1.165, 1.54) is 43.7 Å². The Morgan fingerprint density at radius 1 is 0.226 bits per heavy atom. The third-order valence-corrected chi connectivity index (χ3v) is 12.0. The molecule has 9 aromatic carbocycles. The average molecular weight is 792 g/mol. The molecule has 3 aromatic heterocycles. The molecule has 290 valence electrons. The number of hydrogen-bond acceptors (Lipinski definition) is 3. The predicted octanol–water partition coefficient (Wildman–Crippen LogP) is 14.4. The Labute approximate surface area is 358 Å². The lowest BCUT2D eigenvalue weighted by molar-refractivity contribution is 1.07. The molecule has 0 bridgehead atoms. The van der Waals surface area contributed by atoms with E-state index in [0.717, 1.165) is 50.2 Å². The maximum atomic E-state index is 5.17. The molecule has 12 rings (SSSR count). The fourth-order valence-electron chi connectivity index (χ4n) is 9.01. The molecule has 0 N–H and O–H groups in total. The van der Waals surface area contributed by atoms with E-state index >= 15 is 0 Å². The number of rotatable bonds is 7. The third-order valence-electron chi connectivity index (χ3n) is 12.0. The molecule has 0 amide bonds. The molecule has 3 heterocycles. The highest BCUT2D eigenvalue weighted by atomic mass is 15.0. The summed E-state index contributed by atoms with van der Waals surface area (Å²) in [5, 5.41) is 4.88. The fourth-order valence-corrected chi connectivity index (χ4v) is 9.01. The van der Waals surface area contributed by atoms with Crippen molar-refractivity contribution < 1.29 is 0 Å². The van der Waals surface area contributed by atoms with Crippen molar-refractivity contribution in [1.82, 2.24) is 24.1 Å². The van der Waals surface area contributed by atoms with Gasteiger partial charge in [-0.05, 0) is 70.8 Å². The molecule has 0 aliphatic rings. The summed E-state index contributed by atoms with van der Waals surface area (Å²) < 4.78 is 4.74. The second-order valence-corrected chi connectivity index (χ2v) is 15.7. The van der Waals surface area contributed by atoms with Crippen molar-refractivity contribution in [2.24, 2.45) is 0 Å². The largest absolute Gasteiger partial charge is 0.309 e. The lowest BCUT2D eigenvalue weighted by Gasteiger charge is -2.12. The quantitative estimate of drug-likeness (QED) is 0.162. The minimum Gasteiger partial charge on any atom is -0.309 e. The second kappa shape index (κ2) is 14.7.